The van der Waals surface area contributed by atoms with Gasteiger partial charge in [0, 0.05) is 24.4 Å². The molecule has 0 amide bonds. The van der Waals surface area contributed by atoms with Crippen LogP contribution in [0.1, 0.15) is 18.4 Å². The molecule has 1 fully saturated rings. The summed E-state index contributed by atoms with van der Waals surface area (Å²) in [5, 5.41) is 0.628. The minimum Gasteiger partial charge on any atom is -0.453 e. The average molecular weight is 226 g/mol. The third-order valence-electron chi connectivity index (χ3n) is 2.72. The highest BCUT2D eigenvalue weighted by atomic mass is 35.5. The van der Waals surface area contributed by atoms with Crippen molar-refractivity contribution in [3.8, 4) is 0 Å². The van der Waals surface area contributed by atoms with Crippen LogP contribution in [0.2, 0.25) is 5.02 Å². The molecule has 2 rings (SSSR count). The van der Waals surface area contributed by atoms with Gasteiger partial charge in [-0.25, -0.2) is 0 Å². The molecule has 80 valence electrons. The van der Waals surface area contributed by atoms with E-state index in [1.807, 2.05) is 12.1 Å². The highest BCUT2D eigenvalue weighted by molar-refractivity contribution is 6.30. The second-order valence-electron chi connectivity index (χ2n) is 3.68. The molecule has 2 N–H and O–H groups in total. The Morgan fingerprint density at radius 2 is 2.33 bits per heavy atom. The molecule has 1 unspecified atom stereocenters. The van der Waals surface area contributed by atoms with Crippen molar-refractivity contribution in [3.05, 3.63) is 34.9 Å². The van der Waals surface area contributed by atoms with Gasteiger partial charge in [-0.2, -0.15) is 0 Å². The summed E-state index contributed by atoms with van der Waals surface area (Å²) in [4.78, 5) is 11.2. The van der Waals surface area contributed by atoms with Crippen LogP contribution in [0.15, 0.2) is 24.3 Å². The van der Waals surface area contributed by atoms with Crippen LogP contribution in [0, 0.1) is 0 Å². The number of carbonyl (C=O) groups is 1. The van der Waals surface area contributed by atoms with Gasteiger partial charge in [0.05, 0.1) is 0 Å². The normalized spacial score (nSPS) is 25.3. The lowest BCUT2D eigenvalue weighted by molar-refractivity contribution is -0.148. The van der Waals surface area contributed by atoms with Crippen molar-refractivity contribution in [1.29, 1.82) is 0 Å². The van der Waals surface area contributed by atoms with Crippen LogP contribution in [-0.2, 0) is 15.1 Å². The number of benzene rings is 1. The minimum absolute atomic E-state index is 0.194. The molecule has 1 heterocycles. The molecular formula is C11H12ClNO2. The molecular weight excluding hydrogens is 214 g/mol. The van der Waals surface area contributed by atoms with Gasteiger partial charge in [0.15, 0.2) is 0 Å². The van der Waals surface area contributed by atoms with E-state index < -0.39 is 5.60 Å². The van der Waals surface area contributed by atoms with Gasteiger partial charge in [0.2, 0.25) is 0 Å². The van der Waals surface area contributed by atoms with Crippen molar-refractivity contribution in [1.82, 2.24) is 0 Å². The van der Waals surface area contributed by atoms with Crippen molar-refractivity contribution in [2.24, 2.45) is 5.73 Å². The maximum atomic E-state index is 11.2. The van der Waals surface area contributed by atoms with E-state index in [-0.39, 0.29) is 5.97 Å². The van der Waals surface area contributed by atoms with E-state index in [2.05, 4.69) is 0 Å². The first-order valence-corrected chi connectivity index (χ1v) is 5.22. The molecule has 0 spiro atoms. The maximum Gasteiger partial charge on any atom is 0.306 e. The van der Waals surface area contributed by atoms with E-state index in [0.29, 0.717) is 24.4 Å². The largest absolute Gasteiger partial charge is 0.453 e. The summed E-state index contributed by atoms with van der Waals surface area (Å²) in [6.07, 6.45) is 1.05. The molecule has 1 aromatic rings. The van der Waals surface area contributed by atoms with Gasteiger partial charge in [-0.3, -0.25) is 4.79 Å². The molecule has 1 aromatic carbocycles. The van der Waals surface area contributed by atoms with E-state index in [4.69, 9.17) is 22.1 Å². The fourth-order valence-electron chi connectivity index (χ4n) is 1.86. The molecule has 1 aliphatic rings. The fourth-order valence-corrected chi connectivity index (χ4v) is 2.05. The fraction of sp³-hybridized carbons (Fsp3) is 0.364. The standard InChI is InChI=1S/C11H12ClNO2/c12-9-3-1-2-8(6-9)11(7-13)5-4-10(14)15-11/h1-3,6H,4-5,7,13H2. The summed E-state index contributed by atoms with van der Waals surface area (Å²) in [6.45, 7) is 0.291. The van der Waals surface area contributed by atoms with E-state index in [1.54, 1.807) is 12.1 Å². The van der Waals surface area contributed by atoms with Crippen LogP contribution in [0.3, 0.4) is 0 Å². The number of ether oxygens (including phenoxy) is 1. The molecule has 4 heteroatoms. The molecule has 0 aliphatic carbocycles. The van der Waals surface area contributed by atoms with Crippen LogP contribution in [0.4, 0.5) is 0 Å². The van der Waals surface area contributed by atoms with Gasteiger partial charge >= 0.3 is 5.97 Å². The van der Waals surface area contributed by atoms with E-state index in [9.17, 15) is 4.79 Å². The van der Waals surface area contributed by atoms with Gasteiger partial charge < -0.3 is 10.5 Å². The number of halogens is 1. The maximum absolute atomic E-state index is 11.2. The van der Waals surface area contributed by atoms with E-state index >= 15 is 0 Å². The third kappa shape index (κ3) is 1.85. The van der Waals surface area contributed by atoms with Crippen LogP contribution >= 0.6 is 11.6 Å². The molecule has 1 atom stereocenters. The Labute approximate surface area is 93.2 Å². The lowest BCUT2D eigenvalue weighted by atomic mass is 9.91. The van der Waals surface area contributed by atoms with Crippen molar-refractivity contribution < 1.29 is 9.53 Å². The number of rotatable bonds is 2. The van der Waals surface area contributed by atoms with Crippen molar-refractivity contribution in [2.45, 2.75) is 18.4 Å². The van der Waals surface area contributed by atoms with Gasteiger partial charge in [-0.15, -0.1) is 0 Å². The Morgan fingerprint density at radius 3 is 2.87 bits per heavy atom. The highest BCUT2D eigenvalue weighted by Gasteiger charge is 2.40. The quantitative estimate of drug-likeness (QED) is 0.782. The summed E-state index contributed by atoms with van der Waals surface area (Å²) in [7, 11) is 0. The van der Waals surface area contributed by atoms with E-state index in [1.165, 1.54) is 0 Å². The molecule has 0 saturated carbocycles. The van der Waals surface area contributed by atoms with Crippen LogP contribution in [0.25, 0.3) is 0 Å². The lowest BCUT2D eigenvalue weighted by Gasteiger charge is -2.26. The number of cyclic esters (lactones) is 1. The van der Waals surface area contributed by atoms with Crippen LogP contribution in [-0.4, -0.2) is 12.5 Å². The first-order chi connectivity index (χ1) is 7.16. The third-order valence-corrected chi connectivity index (χ3v) is 2.96. The summed E-state index contributed by atoms with van der Waals surface area (Å²) >= 11 is 5.90. The Hall–Kier alpha value is -1.06. The first-order valence-electron chi connectivity index (χ1n) is 4.84. The second kappa shape index (κ2) is 3.83. The average Bonchev–Trinajstić information content (AvgIpc) is 2.61. The minimum atomic E-state index is -0.665. The topological polar surface area (TPSA) is 52.3 Å². The van der Waals surface area contributed by atoms with Crippen LogP contribution < -0.4 is 5.73 Å². The molecule has 0 aromatic heterocycles. The smallest absolute Gasteiger partial charge is 0.306 e. The number of hydrogen-bond donors (Lipinski definition) is 1. The molecule has 3 nitrogen and oxygen atoms in total. The van der Waals surface area contributed by atoms with E-state index in [0.717, 1.165) is 5.56 Å². The van der Waals surface area contributed by atoms with Crippen molar-refractivity contribution in [2.75, 3.05) is 6.54 Å². The van der Waals surface area contributed by atoms with Gasteiger partial charge in [-0.05, 0) is 17.7 Å². The molecule has 15 heavy (non-hydrogen) atoms. The Balaban J connectivity index is 2.38. The SMILES string of the molecule is NCC1(c2cccc(Cl)c2)CCC(=O)O1. The predicted octanol–water partition coefficient (Wildman–Crippen LogP) is 1.83. The number of hydrogen-bond acceptors (Lipinski definition) is 3. The van der Waals surface area contributed by atoms with Gasteiger partial charge in [0.25, 0.3) is 0 Å². The summed E-state index contributed by atoms with van der Waals surface area (Å²) < 4.78 is 5.32. The number of esters is 1. The van der Waals surface area contributed by atoms with Gasteiger partial charge in [-0.1, -0.05) is 23.7 Å². The molecule has 1 aliphatic heterocycles. The zero-order valence-electron chi connectivity index (χ0n) is 8.20. The Kier molecular flexibility index (Phi) is 2.67. The first kappa shape index (κ1) is 10.5. The zero-order valence-corrected chi connectivity index (χ0v) is 8.96. The summed E-state index contributed by atoms with van der Waals surface area (Å²) in [5.74, 6) is -0.194. The summed E-state index contributed by atoms with van der Waals surface area (Å²) in [5.41, 5.74) is 5.91. The predicted molar refractivity (Wildman–Crippen MR) is 57.5 cm³/mol. The van der Waals surface area contributed by atoms with Crippen molar-refractivity contribution >= 4 is 17.6 Å². The molecule has 0 radical (unpaired) electrons. The Morgan fingerprint density at radius 1 is 1.53 bits per heavy atom. The van der Waals surface area contributed by atoms with Gasteiger partial charge in [0.1, 0.15) is 5.60 Å². The van der Waals surface area contributed by atoms with Crippen molar-refractivity contribution in [3.63, 3.8) is 0 Å². The highest BCUT2D eigenvalue weighted by Crippen LogP contribution is 2.36. The Bertz CT molecular complexity index is 394. The summed E-state index contributed by atoms with van der Waals surface area (Å²) in [6, 6.07) is 7.30. The van der Waals surface area contributed by atoms with Crippen LogP contribution in [0.5, 0.6) is 0 Å². The second-order valence-corrected chi connectivity index (χ2v) is 4.12. The monoisotopic (exact) mass is 225 g/mol. The zero-order chi connectivity index (χ0) is 10.9. The number of nitrogens with two attached hydrogens (primary N) is 1. The lowest BCUT2D eigenvalue weighted by Crippen LogP contribution is -2.34. The molecule has 0 bridgehead atoms. The number of carbonyl (C=O) groups excluding carboxylic acids is 1. The molecule has 1 saturated heterocycles.